The number of carbonyl (C=O) groups is 2. The lowest BCUT2D eigenvalue weighted by Crippen LogP contribution is -2.53. The van der Waals surface area contributed by atoms with Gasteiger partial charge in [0.25, 0.3) is 0 Å². The quantitative estimate of drug-likeness (QED) is 0.656. The maximum Gasteiger partial charge on any atom is 0.226 e. The lowest BCUT2D eigenvalue weighted by Gasteiger charge is -2.43. The third-order valence-corrected chi connectivity index (χ3v) is 7.86. The summed E-state index contributed by atoms with van der Waals surface area (Å²) in [5.74, 6) is 1.60. The zero-order valence-corrected chi connectivity index (χ0v) is 20.4. The zero-order chi connectivity index (χ0) is 23.2. The number of hydrogen-bond donors (Lipinski definition) is 0. The van der Waals surface area contributed by atoms with Gasteiger partial charge in [0.05, 0.1) is 13.5 Å². The number of methoxy groups -OCH3 is 1. The maximum absolute atomic E-state index is 13.0. The summed E-state index contributed by atoms with van der Waals surface area (Å²) in [6, 6.07) is 8.30. The predicted molar refractivity (Wildman–Crippen MR) is 129 cm³/mol. The van der Waals surface area contributed by atoms with Crippen LogP contribution in [-0.2, 0) is 16.0 Å². The molecule has 0 saturated carbocycles. The number of likely N-dealkylation sites (tertiary alicyclic amines) is 2. The van der Waals surface area contributed by atoms with Gasteiger partial charge in [0.2, 0.25) is 11.8 Å². The van der Waals surface area contributed by atoms with Gasteiger partial charge in [0.1, 0.15) is 5.75 Å². The Morgan fingerprint density at radius 3 is 2.06 bits per heavy atom. The Morgan fingerprint density at radius 1 is 0.848 bits per heavy atom. The van der Waals surface area contributed by atoms with Crippen molar-refractivity contribution in [2.45, 2.75) is 45.1 Å². The molecule has 3 heterocycles. The summed E-state index contributed by atoms with van der Waals surface area (Å²) in [6.45, 7) is 10.7. The average molecular weight is 457 g/mol. The smallest absolute Gasteiger partial charge is 0.226 e. The first-order valence-corrected chi connectivity index (χ1v) is 12.7. The van der Waals surface area contributed by atoms with Crippen LogP contribution in [0.3, 0.4) is 0 Å². The third-order valence-electron chi connectivity index (χ3n) is 7.86. The van der Waals surface area contributed by atoms with Gasteiger partial charge < -0.3 is 24.3 Å². The summed E-state index contributed by atoms with van der Waals surface area (Å²) >= 11 is 0. The minimum Gasteiger partial charge on any atom is -0.497 e. The molecule has 1 aromatic rings. The van der Waals surface area contributed by atoms with Gasteiger partial charge in [-0.15, -0.1) is 0 Å². The SMILES string of the molecule is CCN1CCN(C(=O)C2CCN(C3CCN(C(=O)Cc4ccc(OC)cc4)CC3)CC2)CC1. The van der Waals surface area contributed by atoms with Crippen molar-refractivity contribution < 1.29 is 14.3 Å². The van der Waals surface area contributed by atoms with E-state index in [2.05, 4.69) is 21.6 Å². The number of amides is 2. The van der Waals surface area contributed by atoms with Crippen LogP contribution in [0, 0.1) is 5.92 Å². The van der Waals surface area contributed by atoms with Crippen molar-refractivity contribution in [1.82, 2.24) is 19.6 Å². The lowest BCUT2D eigenvalue weighted by atomic mass is 9.92. The standard InChI is InChI=1S/C26H40N4O3/c1-3-27-16-18-30(19-17-27)26(32)22-8-12-28(13-9-22)23-10-14-29(15-11-23)25(31)20-21-4-6-24(33-2)7-5-21/h4-7,22-23H,3,8-20H2,1-2H3. The Labute approximate surface area is 198 Å². The molecule has 3 fully saturated rings. The molecule has 0 unspecified atom stereocenters. The van der Waals surface area contributed by atoms with Crippen molar-refractivity contribution in [3.63, 3.8) is 0 Å². The van der Waals surface area contributed by atoms with Crippen LogP contribution in [-0.4, -0.2) is 103 Å². The van der Waals surface area contributed by atoms with Gasteiger partial charge in [0.15, 0.2) is 0 Å². The van der Waals surface area contributed by atoms with Crippen LogP contribution in [0.5, 0.6) is 5.75 Å². The highest BCUT2D eigenvalue weighted by atomic mass is 16.5. The van der Waals surface area contributed by atoms with Gasteiger partial charge in [-0.3, -0.25) is 9.59 Å². The maximum atomic E-state index is 13.0. The van der Waals surface area contributed by atoms with Crippen molar-refractivity contribution in [3.05, 3.63) is 29.8 Å². The van der Waals surface area contributed by atoms with Crippen LogP contribution < -0.4 is 4.74 Å². The third kappa shape index (κ3) is 6.07. The van der Waals surface area contributed by atoms with E-state index in [9.17, 15) is 9.59 Å². The lowest BCUT2D eigenvalue weighted by molar-refractivity contribution is -0.139. The molecule has 0 radical (unpaired) electrons. The highest BCUT2D eigenvalue weighted by Gasteiger charge is 2.33. The van der Waals surface area contributed by atoms with E-state index >= 15 is 0 Å². The fourth-order valence-corrected chi connectivity index (χ4v) is 5.56. The topological polar surface area (TPSA) is 56.3 Å². The molecule has 4 rings (SSSR count). The number of rotatable bonds is 6. The van der Waals surface area contributed by atoms with Gasteiger partial charge in [-0.1, -0.05) is 19.1 Å². The van der Waals surface area contributed by atoms with Gasteiger partial charge in [-0.25, -0.2) is 0 Å². The van der Waals surface area contributed by atoms with Crippen LogP contribution in [0.25, 0.3) is 0 Å². The van der Waals surface area contributed by atoms with E-state index in [1.807, 2.05) is 29.2 Å². The average Bonchev–Trinajstić information content (AvgIpc) is 2.89. The fourth-order valence-electron chi connectivity index (χ4n) is 5.56. The van der Waals surface area contributed by atoms with Crippen molar-refractivity contribution in [2.24, 2.45) is 5.92 Å². The molecule has 1 aromatic carbocycles. The molecule has 0 spiro atoms. The van der Waals surface area contributed by atoms with Crippen LogP contribution in [0.4, 0.5) is 0 Å². The normalized spacial score (nSPS) is 21.9. The Hall–Kier alpha value is -2.12. The van der Waals surface area contributed by atoms with E-state index in [4.69, 9.17) is 4.74 Å². The molecule has 2 amide bonds. The number of likely N-dealkylation sites (N-methyl/N-ethyl adjacent to an activating group) is 1. The first kappa shape index (κ1) is 24.0. The predicted octanol–water partition coefficient (Wildman–Crippen LogP) is 2.10. The summed E-state index contributed by atoms with van der Waals surface area (Å²) in [7, 11) is 1.65. The number of carbonyl (C=O) groups excluding carboxylic acids is 2. The fraction of sp³-hybridized carbons (Fsp3) is 0.692. The molecule has 3 aliphatic heterocycles. The summed E-state index contributed by atoms with van der Waals surface area (Å²) in [5.41, 5.74) is 1.03. The molecule has 7 nitrogen and oxygen atoms in total. The second-order valence-electron chi connectivity index (χ2n) is 9.71. The van der Waals surface area contributed by atoms with Crippen molar-refractivity contribution >= 4 is 11.8 Å². The molecule has 182 valence electrons. The van der Waals surface area contributed by atoms with Crippen LogP contribution in [0.2, 0.25) is 0 Å². The highest BCUT2D eigenvalue weighted by Crippen LogP contribution is 2.26. The molecular weight excluding hydrogens is 416 g/mol. The van der Waals surface area contributed by atoms with Gasteiger partial charge in [0, 0.05) is 51.2 Å². The number of piperidine rings is 2. The van der Waals surface area contributed by atoms with Crippen LogP contribution in [0.15, 0.2) is 24.3 Å². The molecule has 7 heteroatoms. The van der Waals surface area contributed by atoms with Crippen LogP contribution >= 0.6 is 0 Å². The second-order valence-corrected chi connectivity index (χ2v) is 9.71. The summed E-state index contributed by atoms with van der Waals surface area (Å²) < 4.78 is 5.20. The molecule has 3 aliphatic rings. The minimum absolute atomic E-state index is 0.195. The Morgan fingerprint density at radius 2 is 1.48 bits per heavy atom. The number of piperazine rings is 1. The zero-order valence-electron chi connectivity index (χ0n) is 20.4. The Kier molecular flexibility index (Phi) is 8.25. The minimum atomic E-state index is 0.195. The molecule has 0 N–H and O–H groups in total. The second kappa shape index (κ2) is 11.3. The molecule has 0 bridgehead atoms. The highest BCUT2D eigenvalue weighted by molar-refractivity contribution is 5.79. The van der Waals surface area contributed by atoms with Gasteiger partial charge in [-0.2, -0.15) is 0 Å². The van der Waals surface area contributed by atoms with Crippen molar-refractivity contribution in [1.29, 1.82) is 0 Å². The number of hydrogen-bond acceptors (Lipinski definition) is 5. The number of ether oxygens (including phenoxy) is 1. The van der Waals surface area contributed by atoms with Crippen LogP contribution in [0.1, 0.15) is 38.2 Å². The molecule has 0 aliphatic carbocycles. The summed E-state index contributed by atoms with van der Waals surface area (Å²) in [5, 5.41) is 0. The number of nitrogens with zero attached hydrogens (tertiary/aromatic N) is 4. The van der Waals surface area contributed by atoms with Crippen molar-refractivity contribution in [3.8, 4) is 5.75 Å². The van der Waals surface area contributed by atoms with E-state index in [-0.39, 0.29) is 11.8 Å². The number of benzene rings is 1. The van der Waals surface area contributed by atoms with E-state index in [0.717, 1.165) is 95.9 Å². The largest absolute Gasteiger partial charge is 0.497 e. The first-order valence-electron chi connectivity index (χ1n) is 12.7. The van der Waals surface area contributed by atoms with Crippen molar-refractivity contribution in [2.75, 3.05) is 66.0 Å². The summed E-state index contributed by atoms with van der Waals surface area (Å²) in [6.07, 6.45) is 4.47. The molecular formula is C26H40N4O3. The van der Waals surface area contributed by atoms with E-state index < -0.39 is 0 Å². The molecule has 3 saturated heterocycles. The van der Waals surface area contributed by atoms with E-state index in [1.165, 1.54) is 0 Å². The van der Waals surface area contributed by atoms with E-state index in [1.54, 1.807) is 7.11 Å². The summed E-state index contributed by atoms with van der Waals surface area (Å²) in [4.78, 5) is 34.8. The molecule has 0 aromatic heterocycles. The Bertz CT molecular complexity index is 775. The Balaban J connectivity index is 1.18. The molecule has 0 atom stereocenters. The monoisotopic (exact) mass is 456 g/mol. The van der Waals surface area contributed by atoms with E-state index in [0.29, 0.717) is 18.4 Å². The van der Waals surface area contributed by atoms with Gasteiger partial charge >= 0.3 is 0 Å². The first-order chi connectivity index (χ1) is 16.1. The van der Waals surface area contributed by atoms with Gasteiger partial charge in [-0.05, 0) is 63.0 Å². The molecule has 33 heavy (non-hydrogen) atoms.